The number of aliphatic hydroxyl groups excluding tert-OH is 1. The van der Waals surface area contributed by atoms with E-state index >= 15 is 0 Å². The summed E-state index contributed by atoms with van der Waals surface area (Å²) in [5.41, 5.74) is 0.736. The molecular formula is C15H24N6O. The highest BCUT2D eigenvalue weighted by Gasteiger charge is 2.27. The zero-order chi connectivity index (χ0) is 15.9. The lowest BCUT2D eigenvalue weighted by Gasteiger charge is -2.39. The number of hydrogen-bond donors (Lipinski definition) is 1. The Morgan fingerprint density at radius 2 is 2.05 bits per heavy atom. The van der Waals surface area contributed by atoms with Crippen molar-refractivity contribution < 1.29 is 5.11 Å². The van der Waals surface area contributed by atoms with E-state index in [-0.39, 0.29) is 18.2 Å². The van der Waals surface area contributed by atoms with Gasteiger partial charge in [-0.3, -0.25) is 4.90 Å². The van der Waals surface area contributed by atoms with Crippen LogP contribution in [0.3, 0.4) is 0 Å². The first-order valence-corrected chi connectivity index (χ1v) is 7.67. The summed E-state index contributed by atoms with van der Waals surface area (Å²) in [5.74, 6) is 0.909. The van der Waals surface area contributed by atoms with E-state index in [4.69, 9.17) is 0 Å². The minimum Gasteiger partial charge on any atom is -0.395 e. The molecule has 0 amide bonds. The molecule has 1 aliphatic rings. The molecule has 1 fully saturated rings. The summed E-state index contributed by atoms with van der Waals surface area (Å²) in [6.45, 7) is 9.04. The molecule has 2 aromatic rings. The van der Waals surface area contributed by atoms with Gasteiger partial charge < -0.3 is 10.0 Å². The van der Waals surface area contributed by atoms with Gasteiger partial charge in [0.2, 0.25) is 0 Å². The second-order valence-corrected chi connectivity index (χ2v) is 6.92. The van der Waals surface area contributed by atoms with Crippen molar-refractivity contribution in [2.45, 2.75) is 32.4 Å². The molecule has 0 spiro atoms. The molecule has 22 heavy (non-hydrogen) atoms. The Balaban J connectivity index is 2.00. The van der Waals surface area contributed by atoms with Crippen LogP contribution in [0.1, 0.15) is 20.8 Å². The second kappa shape index (κ2) is 5.48. The van der Waals surface area contributed by atoms with Crippen molar-refractivity contribution in [2.24, 2.45) is 0 Å². The summed E-state index contributed by atoms with van der Waals surface area (Å²) in [6, 6.07) is 0.136. The molecule has 7 nitrogen and oxygen atoms in total. The quantitative estimate of drug-likeness (QED) is 0.880. The number of rotatable bonds is 2. The van der Waals surface area contributed by atoms with Gasteiger partial charge in [0, 0.05) is 19.6 Å². The summed E-state index contributed by atoms with van der Waals surface area (Å²) >= 11 is 0. The molecular weight excluding hydrogens is 280 g/mol. The van der Waals surface area contributed by atoms with Crippen LogP contribution in [0.2, 0.25) is 0 Å². The van der Waals surface area contributed by atoms with Crippen molar-refractivity contribution in [2.75, 3.05) is 38.2 Å². The highest BCUT2D eigenvalue weighted by Crippen LogP contribution is 2.27. The number of anilines is 1. The van der Waals surface area contributed by atoms with E-state index in [2.05, 4.69) is 45.6 Å². The number of hydrogen-bond acceptors (Lipinski definition) is 6. The number of nitrogens with zero attached hydrogens (tertiary/aromatic N) is 6. The molecule has 0 aromatic carbocycles. The topological polar surface area (TPSA) is 70.3 Å². The van der Waals surface area contributed by atoms with E-state index in [0.717, 1.165) is 36.5 Å². The molecule has 0 aliphatic carbocycles. The van der Waals surface area contributed by atoms with Gasteiger partial charge in [0.05, 0.1) is 29.8 Å². The van der Waals surface area contributed by atoms with Crippen LogP contribution in [0.4, 0.5) is 5.82 Å². The molecule has 0 bridgehead atoms. The highest BCUT2D eigenvalue weighted by atomic mass is 16.3. The number of piperazine rings is 1. The molecule has 1 N–H and O–H groups in total. The Bertz CT molecular complexity index is 662. The van der Waals surface area contributed by atoms with E-state index in [0.29, 0.717) is 0 Å². The van der Waals surface area contributed by atoms with Crippen LogP contribution in [-0.4, -0.2) is 69.1 Å². The first-order valence-electron chi connectivity index (χ1n) is 7.67. The zero-order valence-electron chi connectivity index (χ0n) is 13.7. The van der Waals surface area contributed by atoms with Crippen LogP contribution in [0, 0.1) is 0 Å². The van der Waals surface area contributed by atoms with Crippen molar-refractivity contribution >= 4 is 16.9 Å². The summed E-state index contributed by atoms with van der Waals surface area (Å²) < 4.78 is 1.94. The van der Waals surface area contributed by atoms with Crippen molar-refractivity contribution in [3.05, 3.63) is 12.5 Å². The predicted octanol–water partition coefficient (Wildman–Crippen LogP) is 0.694. The van der Waals surface area contributed by atoms with E-state index in [9.17, 15) is 5.11 Å². The minimum absolute atomic E-state index is 0.122. The Hall–Kier alpha value is -1.73. The average Bonchev–Trinajstić information content (AvgIpc) is 2.91. The minimum atomic E-state index is -0.122. The van der Waals surface area contributed by atoms with Gasteiger partial charge in [0.25, 0.3) is 0 Å². The Labute approximate surface area is 130 Å². The summed E-state index contributed by atoms with van der Waals surface area (Å²) in [4.78, 5) is 13.3. The monoisotopic (exact) mass is 304 g/mol. The van der Waals surface area contributed by atoms with Crippen LogP contribution in [-0.2, 0) is 5.54 Å². The molecule has 1 unspecified atom stereocenters. The van der Waals surface area contributed by atoms with Crippen LogP contribution < -0.4 is 4.90 Å². The summed E-state index contributed by atoms with van der Waals surface area (Å²) in [5, 5.41) is 15.0. The average molecular weight is 304 g/mol. The fourth-order valence-corrected chi connectivity index (χ4v) is 2.91. The fraction of sp³-hybridized carbons (Fsp3) is 0.667. The lowest BCUT2D eigenvalue weighted by molar-refractivity contribution is 0.135. The molecule has 1 atom stereocenters. The molecule has 120 valence electrons. The zero-order valence-corrected chi connectivity index (χ0v) is 13.7. The molecule has 2 aromatic heterocycles. The van der Waals surface area contributed by atoms with Crippen molar-refractivity contribution in [1.82, 2.24) is 24.6 Å². The van der Waals surface area contributed by atoms with E-state index in [1.807, 2.05) is 17.9 Å². The number of aromatic nitrogens is 4. The Kier molecular flexibility index (Phi) is 3.78. The van der Waals surface area contributed by atoms with Crippen LogP contribution in [0.15, 0.2) is 12.5 Å². The highest BCUT2D eigenvalue weighted by molar-refractivity contribution is 5.86. The summed E-state index contributed by atoms with van der Waals surface area (Å²) in [6.07, 6.45) is 3.45. The van der Waals surface area contributed by atoms with Gasteiger partial charge in [0.1, 0.15) is 12.1 Å². The smallest absolute Gasteiger partial charge is 0.163 e. The van der Waals surface area contributed by atoms with Gasteiger partial charge in [-0.1, -0.05) is 0 Å². The van der Waals surface area contributed by atoms with Gasteiger partial charge >= 0.3 is 0 Å². The SMILES string of the molecule is CN1CCN(c2ncnc3c2cnn3C(C)(C)C)CC1CO. The van der Waals surface area contributed by atoms with Crippen LogP contribution >= 0.6 is 0 Å². The largest absolute Gasteiger partial charge is 0.395 e. The fourth-order valence-electron chi connectivity index (χ4n) is 2.91. The second-order valence-electron chi connectivity index (χ2n) is 6.92. The predicted molar refractivity (Wildman–Crippen MR) is 86.0 cm³/mol. The van der Waals surface area contributed by atoms with Crippen LogP contribution in [0.25, 0.3) is 11.0 Å². The first kappa shape index (κ1) is 15.2. The Morgan fingerprint density at radius 3 is 2.73 bits per heavy atom. The maximum Gasteiger partial charge on any atom is 0.163 e. The number of fused-ring (bicyclic) bond motifs is 1. The van der Waals surface area contributed by atoms with Crippen molar-refractivity contribution in [3.8, 4) is 0 Å². The molecule has 3 heterocycles. The molecule has 1 saturated heterocycles. The lowest BCUT2D eigenvalue weighted by Crippen LogP contribution is -2.53. The maximum atomic E-state index is 9.53. The van der Waals surface area contributed by atoms with E-state index in [1.165, 1.54) is 0 Å². The van der Waals surface area contributed by atoms with E-state index < -0.39 is 0 Å². The molecule has 0 radical (unpaired) electrons. The van der Waals surface area contributed by atoms with Gasteiger partial charge in [-0.15, -0.1) is 0 Å². The molecule has 7 heteroatoms. The van der Waals surface area contributed by atoms with Gasteiger partial charge in [0.15, 0.2) is 5.65 Å². The summed E-state index contributed by atoms with van der Waals surface area (Å²) in [7, 11) is 2.05. The third-order valence-corrected chi connectivity index (χ3v) is 4.27. The molecule has 3 rings (SSSR count). The van der Waals surface area contributed by atoms with Gasteiger partial charge in [-0.05, 0) is 27.8 Å². The Morgan fingerprint density at radius 1 is 1.27 bits per heavy atom. The molecule has 1 aliphatic heterocycles. The number of likely N-dealkylation sites (N-methyl/N-ethyl adjacent to an activating group) is 1. The normalized spacial score (nSPS) is 20.8. The maximum absolute atomic E-state index is 9.53. The van der Waals surface area contributed by atoms with Gasteiger partial charge in [-0.25, -0.2) is 14.6 Å². The van der Waals surface area contributed by atoms with Crippen LogP contribution in [0.5, 0.6) is 0 Å². The lowest BCUT2D eigenvalue weighted by atomic mass is 10.1. The van der Waals surface area contributed by atoms with Crippen molar-refractivity contribution in [3.63, 3.8) is 0 Å². The van der Waals surface area contributed by atoms with Crippen molar-refractivity contribution in [1.29, 1.82) is 0 Å². The van der Waals surface area contributed by atoms with Gasteiger partial charge in [-0.2, -0.15) is 5.10 Å². The first-order chi connectivity index (χ1) is 10.4. The third-order valence-electron chi connectivity index (χ3n) is 4.27. The standard InChI is InChI=1S/C15H24N6O/c1-15(2,3)21-14-12(7-18-21)13(16-10-17-14)20-6-5-19(4)11(8-20)9-22/h7,10-11,22H,5-6,8-9H2,1-4H3. The number of aliphatic hydroxyl groups is 1. The molecule has 0 saturated carbocycles. The third kappa shape index (κ3) is 2.55. The van der Waals surface area contributed by atoms with E-state index in [1.54, 1.807) is 6.33 Å².